The van der Waals surface area contributed by atoms with Gasteiger partial charge in [0.25, 0.3) is 0 Å². The van der Waals surface area contributed by atoms with Crippen molar-refractivity contribution in [1.29, 1.82) is 0 Å². The summed E-state index contributed by atoms with van der Waals surface area (Å²) in [6.07, 6.45) is 4.31. The van der Waals surface area contributed by atoms with E-state index in [1.54, 1.807) is 49.3 Å². The van der Waals surface area contributed by atoms with E-state index in [4.69, 9.17) is 0 Å². The fourth-order valence-corrected chi connectivity index (χ4v) is 5.08. The first-order valence-corrected chi connectivity index (χ1v) is 12.0. The molecule has 0 saturated heterocycles. The zero-order valence-corrected chi connectivity index (χ0v) is 21.3. The summed E-state index contributed by atoms with van der Waals surface area (Å²) in [6, 6.07) is 8.51. The Morgan fingerprint density at radius 3 is 2.33 bits per heavy atom. The Bertz CT molecular complexity index is 792. The van der Waals surface area contributed by atoms with Crippen LogP contribution >= 0.6 is 24.0 Å². The van der Waals surface area contributed by atoms with Crippen molar-refractivity contribution in [3.05, 3.63) is 30.3 Å². The van der Waals surface area contributed by atoms with Gasteiger partial charge < -0.3 is 15.5 Å². The van der Waals surface area contributed by atoms with Crippen molar-refractivity contribution < 1.29 is 13.2 Å². The average Bonchev–Trinajstić information content (AvgIpc) is 3.19. The second-order valence-corrected chi connectivity index (χ2v) is 9.90. The highest BCUT2D eigenvalue weighted by Gasteiger charge is 2.42. The largest absolute Gasteiger partial charge is 0.357 e. The number of nitrogens with one attached hydrogen (secondary N) is 2. The zero-order valence-electron chi connectivity index (χ0n) is 18.2. The molecule has 1 aromatic rings. The van der Waals surface area contributed by atoms with Crippen LogP contribution in [0.25, 0.3) is 0 Å². The van der Waals surface area contributed by atoms with Gasteiger partial charge in [0.15, 0.2) is 15.8 Å². The van der Waals surface area contributed by atoms with Crippen molar-refractivity contribution in [3.8, 4) is 0 Å². The van der Waals surface area contributed by atoms with E-state index in [1.807, 2.05) is 6.92 Å². The molecule has 0 bridgehead atoms. The third-order valence-electron chi connectivity index (χ3n) is 5.29. The maximum Gasteiger partial charge on any atom is 0.230 e. The van der Waals surface area contributed by atoms with Gasteiger partial charge in [0.1, 0.15) is 0 Å². The van der Waals surface area contributed by atoms with E-state index >= 15 is 0 Å². The highest BCUT2D eigenvalue weighted by Crippen LogP contribution is 2.39. The first-order valence-electron chi connectivity index (χ1n) is 10.3. The normalized spacial score (nSPS) is 15.9. The Labute approximate surface area is 198 Å². The molecule has 1 aromatic carbocycles. The molecule has 0 radical (unpaired) electrons. The van der Waals surface area contributed by atoms with E-state index in [0.29, 0.717) is 36.9 Å². The number of carbonyl (C=O) groups excluding carboxylic acids is 1. The monoisotopic (exact) mass is 550 g/mol. The van der Waals surface area contributed by atoms with Crippen LogP contribution in [0.4, 0.5) is 0 Å². The van der Waals surface area contributed by atoms with Crippen LogP contribution in [0.3, 0.4) is 0 Å². The Morgan fingerprint density at radius 2 is 1.77 bits per heavy atom. The molecule has 30 heavy (non-hydrogen) atoms. The van der Waals surface area contributed by atoms with Gasteiger partial charge in [-0.1, -0.05) is 31.0 Å². The molecular formula is C21H35IN4O3S. The first-order chi connectivity index (χ1) is 13.8. The third kappa shape index (κ3) is 7.40. The second kappa shape index (κ2) is 12.5. The lowest BCUT2D eigenvalue weighted by Gasteiger charge is -2.29. The zero-order chi connectivity index (χ0) is 21.3. The highest BCUT2D eigenvalue weighted by molar-refractivity contribution is 14.0. The molecule has 0 aromatic heterocycles. The number of aliphatic imine (C=N–C) groups is 1. The fourth-order valence-electron chi connectivity index (χ4n) is 3.75. The Hall–Kier alpha value is -1.36. The summed E-state index contributed by atoms with van der Waals surface area (Å²) < 4.78 is 24.7. The number of hydrogen-bond acceptors (Lipinski definition) is 4. The molecule has 0 heterocycles. The van der Waals surface area contributed by atoms with E-state index in [-0.39, 0.29) is 35.6 Å². The summed E-state index contributed by atoms with van der Waals surface area (Å²) in [6.45, 7) is 3.62. The molecule has 0 spiro atoms. The molecule has 7 nitrogen and oxygen atoms in total. The van der Waals surface area contributed by atoms with Crippen LogP contribution in [0.2, 0.25) is 0 Å². The van der Waals surface area contributed by atoms with Crippen molar-refractivity contribution >= 4 is 45.7 Å². The number of halogens is 1. The van der Waals surface area contributed by atoms with Crippen LogP contribution in [0, 0.1) is 5.41 Å². The number of guanidine groups is 1. The predicted octanol–water partition coefficient (Wildman–Crippen LogP) is 2.67. The number of carbonyl (C=O) groups is 1. The highest BCUT2D eigenvalue weighted by atomic mass is 127. The lowest BCUT2D eigenvalue weighted by atomic mass is 9.85. The van der Waals surface area contributed by atoms with Gasteiger partial charge in [0.2, 0.25) is 5.91 Å². The topological polar surface area (TPSA) is 90.9 Å². The van der Waals surface area contributed by atoms with Crippen molar-refractivity contribution in [1.82, 2.24) is 15.5 Å². The maximum atomic E-state index is 12.7. The van der Waals surface area contributed by atoms with E-state index < -0.39 is 15.3 Å². The summed E-state index contributed by atoms with van der Waals surface area (Å²) in [7, 11) is 0.312. The Morgan fingerprint density at radius 1 is 1.13 bits per heavy atom. The number of amides is 1. The molecule has 170 valence electrons. The molecular weight excluding hydrogens is 515 g/mol. The third-order valence-corrected chi connectivity index (χ3v) is 7.11. The maximum absolute atomic E-state index is 12.7. The standard InChI is InChI=1S/C21H34N4O3S.HI/c1-4-22-20(24-17-21(13-8-9-14-21)19(26)25(2)3)23-15-10-16-29(27,28)18-11-6-5-7-12-18;/h5-7,11-12H,4,8-10,13-17H2,1-3H3,(H2,22,23,24);1H. The van der Waals surface area contributed by atoms with Crippen LogP contribution < -0.4 is 10.6 Å². The fraction of sp³-hybridized carbons (Fsp3) is 0.619. The Kier molecular flexibility index (Phi) is 11.1. The summed E-state index contributed by atoms with van der Waals surface area (Å²) in [4.78, 5) is 19.4. The molecule has 1 aliphatic carbocycles. The quantitative estimate of drug-likeness (QED) is 0.214. The minimum atomic E-state index is -3.28. The van der Waals surface area contributed by atoms with Gasteiger partial charge in [-0.3, -0.25) is 9.79 Å². The van der Waals surface area contributed by atoms with Gasteiger partial charge in [-0.25, -0.2) is 8.42 Å². The minimum Gasteiger partial charge on any atom is -0.357 e. The van der Waals surface area contributed by atoms with Gasteiger partial charge in [0, 0.05) is 27.2 Å². The van der Waals surface area contributed by atoms with Gasteiger partial charge in [-0.15, -0.1) is 24.0 Å². The van der Waals surface area contributed by atoms with Gasteiger partial charge in [-0.05, 0) is 38.3 Å². The number of nitrogens with zero attached hydrogens (tertiary/aromatic N) is 2. The molecule has 0 atom stereocenters. The number of hydrogen-bond donors (Lipinski definition) is 2. The molecule has 1 saturated carbocycles. The van der Waals surface area contributed by atoms with Crippen LogP contribution in [-0.4, -0.2) is 64.7 Å². The number of sulfone groups is 1. The van der Waals surface area contributed by atoms with Crippen LogP contribution in [-0.2, 0) is 14.6 Å². The predicted molar refractivity (Wildman–Crippen MR) is 132 cm³/mol. The van der Waals surface area contributed by atoms with Crippen molar-refractivity contribution in [3.63, 3.8) is 0 Å². The molecule has 2 N–H and O–H groups in total. The number of benzene rings is 1. The minimum absolute atomic E-state index is 0. The summed E-state index contributed by atoms with van der Waals surface area (Å²) in [5.41, 5.74) is -0.414. The summed E-state index contributed by atoms with van der Waals surface area (Å²) in [5.74, 6) is 0.845. The molecule has 0 unspecified atom stereocenters. The average molecular weight is 551 g/mol. The van der Waals surface area contributed by atoms with Gasteiger partial charge >= 0.3 is 0 Å². The van der Waals surface area contributed by atoms with Crippen LogP contribution in [0.15, 0.2) is 40.2 Å². The Balaban J connectivity index is 0.00000450. The SMILES string of the molecule is CCNC(=NCC1(C(=O)N(C)C)CCCC1)NCCCS(=O)(=O)c1ccccc1.I. The van der Waals surface area contributed by atoms with E-state index in [1.165, 1.54) is 0 Å². The van der Waals surface area contributed by atoms with Gasteiger partial charge in [-0.2, -0.15) is 0 Å². The molecule has 2 rings (SSSR count). The lowest BCUT2D eigenvalue weighted by Crippen LogP contribution is -2.43. The molecule has 9 heteroatoms. The molecule has 0 aliphatic heterocycles. The second-order valence-electron chi connectivity index (χ2n) is 7.79. The van der Waals surface area contributed by atoms with E-state index in [0.717, 1.165) is 25.7 Å². The van der Waals surface area contributed by atoms with Crippen molar-refractivity contribution in [2.75, 3.05) is 39.5 Å². The van der Waals surface area contributed by atoms with E-state index in [2.05, 4.69) is 15.6 Å². The van der Waals surface area contributed by atoms with Crippen molar-refractivity contribution in [2.45, 2.75) is 43.9 Å². The summed E-state index contributed by atoms with van der Waals surface area (Å²) >= 11 is 0. The lowest BCUT2D eigenvalue weighted by molar-refractivity contribution is -0.138. The molecule has 1 amide bonds. The van der Waals surface area contributed by atoms with Crippen LogP contribution in [0.5, 0.6) is 0 Å². The molecule has 1 aliphatic rings. The number of rotatable bonds is 9. The van der Waals surface area contributed by atoms with Crippen LogP contribution in [0.1, 0.15) is 39.0 Å². The first kappa shape index (κ1) is 26.7. The smallest absolute Gasteiger partial charge is 0.230 e. The molecule has 1 fully saturated rings. The summed E-state index contributed by atoms with van der Waals surface area (Å²) in [5, 5.41) is 6.39. The van der Waals surface area contributed by atoms with E-state index in [9.17, 15) is 13.2 Å². The van der Waals surface area contributed by atoms with Gasteiger partial charge in [0.05, 0.1) is 22.6 Å². The van der Waals surface area contributed by atoms with Crippen molar-refractivity contribution in [2.24, 2.45) is 10.4 Å².